The molecule has 0 aromatic carbocycles. The molecule has 0 aliphatic rings. The lowest BCUT2D eigenvalue weighted by Crippen LogP contribution is -2.34. The number of unbranched alkanes of at least 4 members (excludes halogenated alkanes) is 18. The summed E-state index contributed by atoms with van der Waals surface area (Å²) in [6, 6.07) is -1.52. The lowest BCUT2D eigenvalue weighted by atomic mass is 10.1. The van der Waals surface area contributed by atoms with E-state index in [0.29, 0.717) is 12.8 Å². The van der Waals surface area contributed by atoms with Gasteiger partial charge in [0.25, 0.3) is 0 Å². The van der Waals surface area contributed by atoms with Crippen LogP contribution in [0.3, 0.4) is 0 Å². The van der Waals surface area contributed by atoms with Crippen LogP contribution in [-0.2, 0) is 37.5 Å². The average Bonchev–Trinajstić information content (AvgIpc) is 3.12. The van der Waals surface area contributed by atoms with Crippen molar-refractivity contribution in [2.24, 2.45) is 5.73 Å². The fourth-order valence-corrected chi connectivity index (χ4v) is 5.94. The summed E-state index contributed by atoms with van der Waals surface area (Å²) in [6.07, 6.45) is 36.4. The van der Waals surface area contributed by atoms with Crippen molar-refractivity contribution in [2.45, 2.75) is 180 Å². The van der Waals surface area contributed by atoms with Crippen LogP contribution in [0.4, 0.5) is 0 Å². The van der Waals surface area contributed by atoms with E-state index in [1.165, 1.54) is 64.2 Å². The Morgan fingerprint density at radius 2 is 1.02 bits per heavy atom. The zero-order chi connectivity index (χ0) is 38.5. The predicted molar refractivity (Wildman–Crippen MR) is 208 cm³/mol. The summed E-state index contributed by atoms with van der Waals surface area (Å²) < 4.78 is 32.6. The number of hydrogen-bond donors (Lipinski definition) is 3. The SMILES string of the molecule is CCCCCC/C=C/C=C/CCCCCCCC(=O)OC[C@H](COP(=O)(O)OC[C@H](N)C(=O)O)OC(=O)CCCCC/C=C/CCCCCCCC. The first-order chi connectivity index (χ1) is 25.1. The van der Waals surface area contributed by atoms with E-state index in [0.717, 1.165) is 64.2 Å². The van der Waals surface area contributed by atoms with Gasteiger partial charge in [-0.1, -0.05) is 127 Å². The molecule has 52 heavy (non-hydrogen) atoms. The number of carboxylic acids is 1. The molecule has 0 aliphatic heterocycles. The Kier molecular flexibility index (Phi) is 34.1. The molecule has 0 saturated heterocycles. The molecule has 1 unspecified atom stereocenters. The molecule has 3 atom stereocenters. The third kappa shape index (κ3) is 34.8. The monoisotopic (exact) mass is 757 g/mol. The van der Waals surface area contributed by atoms with Gasteiger partial charge in [-0.05, 0) is 64.2 Å². The molecule has 302 valence electrons. The van der Waals surface area contributed by atoms with Gasteiger partial charge < -0.3 is 25.2 Å². The van der Waals surface area contributed by atoms with Crippen molar-refractivity contribution < 1.29 is 47.5 Å². The highest BCUT2D eigenvalue weighted by molar-refractivity contribution is 7.47. The van der Waals surface area contributed by atoms with Crippen LogP contribution in [0.25, 0.3) is 0 Å². The summed E-state index contributed by atoms with van der Waals surface area (Å²) in [4.78, 5) is 45.8. The van der Waals surface area contributed by atoms with E-state index in [9.17, 15) is 23.8 Å². The van der Waals surface area contributed by atoms with Gasteiger partial charge in [-0.3, -0.25) is 23.4 Å². The minimum Gasteiger partial charge on any atom is -0.480 e. The Morgan fingerprint density at radius 1 is 0.596 bits per heavy atom. The standard InChI is InChI=1S/C40H72NO10P/c1-3-5-7-9-11-13-15-17-18-20-21-23-25-27-29-31-38(42)48-33-36(34-49-52(46,47)50-35-37(41)40(44)45)51-39(43)32-30-28-26-24-22-19-16-14-12-10-8-6-4-2/h13,15,17-19,22,36-37H,3-12,14,16,20-21,23-35,41H2,1-2H3,(H,44,45)(H,46,47)/b15-13+,18-17+,22-19+/t36-,37+/m1/s1. The fraction of sp³-hybridized carbons (Fsp3) is 0.775. The van der Waals surface area contributed by atoms with Crippen LogP contribution in [0.5, 0.6) is 0 Å². The number of carbonyl (C=O) groups excluding carboxylic acids is 2. The van der Waals surface area contributed by atoms with E-state index in [-0.39, 0.29) is 19.4 Å². The molecule has 0 fully saturated rings. The van der Waals surface area contributed by atoms with Crippen molar-refractivity contribution in [2.75, 3.05) is 19.8 Å². The Hall–Kier alpha value is -2.30. The molecule has 0 heterocycles. The first-order valence-electron chi connectivity index (χ1n) is 20.0. The molecule has 11 nitrogen and oxygen atoms in total. The second-order valence-electron chi connectivity index (χ2n) is 13.4. The smallest absolute Gasteiger partial charge is 0.472 e. The number of hydrogen-bond acceptors (Lipinski definition) is 9. The molecule has 0 bridgehead atoms. The molecule has 0 radical (unpaired) electrons. The maximum Gasteiger partial charge on any atom is 0.472 e. The van der Waals surface area contributed by atoms with Crippen LogP contribution in [0.1, 0.15) is 168 Å². The molecule has 4 N–H and O–H groups in total. The summed E-state index contributed by atoms with van der Waals surface area (Å²) in [5.41, 5.74) is 5.32. The highest BCUT2D eigenvalue weighted by Crippen LogP contribution is 2.43. The largest absolute Gasteiger partial charge is 0.480 e. The minimum absolute atomic E-state index is 0.137. The molecule has 0 saturated carbocycles. The van der Waals surface area contributed by atoms with E-state index < -0.39 is 51.1 Å². The molecule has 0 aromatic heterocycles. The molecule has 0 aromatic rings. The van der Waals surface area contributed by atoms with Crippen molar-refractivity contribution in [3.05, 3.63) is 36.5 Å². The Labute approximate surface area is 314 Å². The van der Waals surface area contributed by atoms with Gasteiger partial charge in [0.2, 0.25) is 0 Å². The highest BCUT2D eigenvalue weighted by Gasteiger charge is 2.28. The van der Waals surface area contributed by atoms with E-state index in [1.54, 1.807) is 0 Å². The minimum atomic E-state index is -4.72. The molecular formula is C40H72NO10P. The molecule has 0 rings (SSSR count). The van der Waals surface area contributed by atoms with Crippen molar-refractivity contribution in [1.29, 1.82) is 0 Å². The number of carboxylic acid groups (broad SMARTS) is 1. The first kappa shape index (κ1) is 49.7. The predicted octanol–water partition coefficient (Wildman–Crippen LogP) is 10.1. The van der Waals surface area contributed by atoms with Gasteiger partial charge in [-0.15, -0.1) is 0 Å². The summed E-state index contributed by atoms with van der Waals surface area (Å²) in [5.74, 6) is -2.42. The van der Waals surface area contributed by atoms with Gasteiger partial charge in [0.05, 0.1) is 13.2 Å². The van der Waals surface area contributed by atoms with Crippen LogP contribution in [0, 0.1) is 0 Å². The number of allylic oxidation sites excluding steroid dienone is 6. The summed E-state index contributed by atoms with van der Waals surface area (Å²) >= 11 is 0. The number of esters is 2. The molecule has 12 heteroatoms. The third-order valence-electron chi connectivity index (χ3n) is 8.39. The lowest BCUT2D eigenvalue weighted by Gasteiger charge is -2.20. The van der Waals surface area contributed by atoms with E-state index in [2.05, 4.69) is 54.8 Å². The van der Waals surface area contributed by atoms with Crippen molar-refractivity contribution >= 4 is 25.7 Å². The highest BCUT2D eigenvalue weighted by atomic mass is 31.2. The molecule has 0 amide bonds. The van der Waals surface area contributed by atoms with Crippen LogP contribution in [-0.4, -0.2) is 59.9 Å². The van der Waals surface area contributed by atoms with Crippen molar-refractivity contribution in [3.8, 4) is 0 Å². The number of rotatable bonds is 37. The van der Waals surface area contributed by atoms with Gasteiger partial charge in [0.1, 0.15) is 12.6 Å². The number of ether oxygens (including phenoxy) is 2. The Balaban J connectivity index is 4.47. The summed E-state index contributed by atoms with van der Waals surface area (Å²) in [7, 11) is -4.72. The summed E-state index contributed by atoms with van der Waals surface area (Å²) in [6.45, 7) is 2.72. The van der Waals surface area contributed by atoms with Gasteiger partial charge in [0.15, 0.2) is 6.10 Å². The second kappa shape index (κ2) is 35.7. The number of phosphoric acid groups is 1. The normalized spacial score (nSPS) is 14.2. The molecule has 0 spiro atoms. The van der Waals surface area contributed by atoms with Crippen LogP contribution < -0.4 is 5.73 Å². The zero-order valence-electron chi connectivity index (χ0n) is 32.4. The van der Waals surface area contributed by atoms with E-state index >= 15 is 0 Å². The number of aliphatic carboxylic acids is 1. The lowest BCUT2D eigenvalue weighted by molar-refractivity contribution is -0.161. The van der Waals surface area contributed by atoms with Gasteiger partial charge >= 0.3 is 25.7 Å². The number of carbonyl (C=O) groups is 3. The Morgan fingerprint density at radius 3 is 1.56 bits per heavy atom. The van der Waals surface area contributed by atoms with Crippen LogP contribution in [0.15, 0.2) is 36.5 Å². The maximum atomic E-state index is 12.6. The number of phosphoric ester groups is 1. The van der Waals surface area contributed by atoms with Crippen LogP contribution >= 0.6 is 7.82 Å². The molecule has 0 aliphatic carbocycles. The van der Waals surface area contributed by atoms with Gasteiger partial charge in [-0.2, -0.15) is 0 Å². The maximum absolute atomic E-state index is 12.6. The van der Waals surface area contributed by atoms with E-state index in [1.807, 2.05) is 0 Å². The van der Waals surface area contributed by atoms with Gasteiger partial charge in [-0.25, -0.2) is 4.57 Å². The first-order valence-corrected chi connectivity index (χ1v) is 21.5. The Bertz CT molecular complexity index is 1030. The fourth-order valence-electron chi connectivity index (χ4n) is 5.17. The quantitative estimate of drug-likeness (QED) is 0.0181. The third-order valence-corrected chi connectivity index (χ3v) is 9.34. The second-order valence-corrected chi connectivity index (χ2v) is 14.9. The zero-order valence-corrected chi connectivity index (χ0v) is 33.3. The van der Waals surface area contributed by atoms with E-state index in [4.69, 9.17) is 24.8 Å². The average molecular weight is 758 g/mol. The van der Waals surface area contributed by atoms with Crippen molar-refractivity contribution in [1.82, 2.24) is 0 Å². The molecular weight excluding hydrogens is 685 g/mol. The van der Waals surface area contributed by atoms with Gasteiger partial charge in [0, 0.05) is 12.8 Å². The topological polar surface area (TPSA) is 172 Å². The van der Waals surface area contributed by atoms with Crippen LogP contribution in [0.2, 0.25) is 0 Å². The summed E-state index contributed by atoms with van der Waals surface area (Å²) in [5, 5.41) is 8.86. The van der Waals surface area contributed by atoms with Crippen molar-refractivity contribution in [3.63, 3.8) is 0 Å². The number of nitrogens with two attached hydrogens (primary N) is 1.